The van der Waals surface area contributed by atoms with E-state index in [1.165, 1.54) is 28.5 Å². The molecule has 0 aromatic carbocycles. The molecule has 1 aliphatic carbocycles. The monoisotopic (exact) mass is 561 g/mol. The molecule has 1 saturated carbocycles. The molecule has 4 amide bonds. The van der Waals surface area contributed by atoms with Crippen LogP contribution in [0, 0.1) is 5.92 Å². The summed E-state index contributed by atoms with van der Waals surface area (Å²) < 4.78 is 0. The second kappa shape index (κ2) is 11.0. The van der Waals surface area contributed by atoms with Crippen molar-refractivity contribution in [3.8, 4) is 0 Å². The van der Waals surface area contributed by atoms with Crippen molar-refractivity contribution in [1.29, 1.82) is 0 Å². The van der Waals surface area contributed by atoms with Crippen LogP contribution < -0.4 is 16.0 Å². The SMILES string of the molecule is CN(C)C(=O)[C@H]1CC[C@H](NC(=O)C(=O)Nc2ccc(Cl)cn2)[C@H](NC(=O)c2nc3c(s2)CN(C)C3(C)C)C1. The van der Waals surface area contributed by atoms with Crippen LogP contribution in [0.4, 0.5) is 5.82 Å². The molecule has 2 aliphatic rings. The van der Waals surface area contributed by atoms with Crippen LogP contribution in [-0.2, 0) is 26.5 Å². The van der Waals surface area contributed by atoms with Gasteiger partial charge >= 0.3 is 11.8 Å². The number of thiazole rings is 1. The molecule has 38 heavy (non-hydrogen) atoms. The van der Waals surface area contributed by atoms with Crippen LogP contribution in [-0.4, -0.2) is 76.6 Å². The van der Waals surface area contributed by atoms with Crippen LogP contribution >= 0.6 is 22.9 Å². The third-order valence-corrected chi connectivity index (χ3v) is 8.52. The number of nitrogens with one attached hydrogen (secondary N) is 3. The Morgan fingerprint density at radius 1 is 1.11 bits per heavy atom. The standard InChI is InChI=1S/C25H32ClN7O4S/c1-25(2)19-17(12-33(25)5)38-23(31-19)22(36)29-16-10-13(24(37)32(3)4)6-8-15(16)28-20(34)21(35)30-18-9-7-14(26)11-27-18/h7,9,11,13,15-16H,6,8,10,12H2,1-5H3,(H,28,34)(H,29,36)(H,27,30,35)/t13-,15-,16+/m0/s1. The lowest BCUT2D eigenvalue weighted by molar-refractivity contribution is -0.137. The lowest BCUT2D eigenvalue weighted by Gasteiger charge is -2.37. The summed E-state index contributed by atoms with van der Waals surface area (Å²) in [5.41, 5.74) is 0.609. The first-order valence-corrected chi connectivity index (χ1v) is 13.5. The predicted molar refractivity (Wildman–Crippen MR) is 144 cm³/mol. The Bertz CT molecular complexity index is 1250. The normalized spacial score (nSPS) is 22.3. The van der Waals surface area contributed by atoms with Gasteiger partial charge in [0.05, 0.1) is 22.3 Å². The molecule has 0 unspecified atom stereocenters. The van der Waals surface area contributed by atoms with Gasteiger partial charge in [0, 0.05) is 43.7 Å². The van der Waals surface area contributed by atoms with E-state index in [1.54, 1.807) is 20.2 Å². The molecule has 2 aromatic rings. The number of carbonyl (C=O) groups excluding carboxylic acids is 4. The molecule has 0 spiro atoms. The lowest BCUT2D eigenvalue weighted by atomic mass is 9.81. The van der Waals surface area contributed by atoms with Gasteiger partial charge < -0.3 is 20.9 Å². The number of rotatable bonds is 5. The number of nitrogens with zero attached hydrogens (tertiary/aromatic N) is 4. The number of halogens is 1. The average Bonchev–Trinajstić information content (AvgIpc) is 3.38. The second-order valence-corrected chi connectivity index (χ2v) is 11.9. The van der Waals surface area contributed by atoms with Crippen molar-refractivity contribution in [1.82, 2.24) is 30.4 Å². The van der Waals surface area contributed by atoms with Gasteiger partial charge in [-0.1, -0.05) is 11.6 Å². The largest absolute Gasteiger partial charge is 0.349 e. The Kier molecular flexibility index (Phi) is 8.05. The highest BCUT2D eigenvalue weighted by Gasteiger charge is 2.41. The maximum absolute atomic E-state index is 13.3. The minimum Gasteiger partial charge on any atom is -0.349 e. The summed E-state index contributed by atoms with van der Waals surface area (Å²) in [6.07, 6.45) is 2.62. The number of hydrogen-bond donors (Lipinski definition) is 3. The zero-order chi connectivity index (χ0) is 27.8. The molecule has 3 heterocycles. The minimum atomic E-state index is -0.890. The smallest absolute Gasteiger partial charge is 0.314 e. The molecule has 1 aliphatic heterocycles. The summed E-state index contributed by atoms with van der Waals surface area (Å²) in [6, 6.07) is 1.92. The highest BCUT2D eigenvalue weighted by atomic mass is 35.5. The van der Waals surface area contributed by atoms with Crippen molar-refractivity contribution in [2.45, 2.75) is 57.3 Å². The number of aromatic nitrogens is 2. The summed E-state index contributed by atoms with van der Waals surface area (Å²) in [6.45, 7) is 4.84. The maximum atomic E-state index is 13.3. The van der Waals surface area contributed by atoms with Crippen LogP contribution in [0.2, 0.25) is 5.02 Å². The van der Waals surface area contributed by atoms with Gasteiger partial charge in [-0.2, -0.15) is 0 Å². The first-order chi connectivity index (χ1) is 17.9. The third-order valence-electron chi connectivity index (χ3n) is 7.25. The van der Waals surface area contributed by atoms with Crippen molar-refractivity contribution in [2.75, 3.05) is 26.5 Å². The molecule has 13 heteroatoms. The summed E-state index contributed by atoms with van der Waals surface area (Å²) in [5, 5.41) is 8.90. The summed E-state index contributed by atoms with van der Waals surface area (Å²) in [5.74, 6) is -2.28. The molecule has 2 aromatic heterocycles. The number of hydrogen-bond acceptors (Lipinski definition) is 8. The minimum absolute atomic E-state index is 0.0430. The Balaban J connectivity index is 1.47. The first kappa shape index (κ1) is 27.9. The van der Waals surface area contributed by atoms with Crippen LogP contribution in [0.15, 0.2) is 18.3 Å². The van der Waals surface area contributed by atoms with Gasteiger partial charge in [-0.3, -0.25) is 24.1 Å². The summed E-state index contributed by atoms with van der Waals surface area (Å²) in [4.78, 5) is 64.5. The zero-order valence-electron chi connectivity index (χ0n) is 22.0. The van der Waals surface area contributed by atoms with Crippen molar-refractivity contribution in [3.63, 3.8) is 0 Å². The van der Waals surface area contributed by atoms with Gasteiger partial charge in [0.2, 0.25) is 5.91 Å². The maximum Gasteiger partial charge on any atom is 0.314 e. The van der Waals surface area contributed by atoms with Crippen molar-refractivity contribution < 1.29 is 19.2 Å². The van der Waals surface area contributed by atoms with E-state index < -0.39 is 23.9 Å². The molecule has 11 nitrogen and oxygen atoms in total. The lowest BCUT2D eigenvalue weighted by Crippen LogP contribution is -2.57. The number of carbonyl (C=O) groups is 4. The first-order valence-electron chi connectivity index (χ1n) is 12.3. The number of pyridine rings is 1. The van der Waals surface area contributed by atoms with E-state index in [0.717, 1.165) is 10.6 Å². The molecule has 0 saturated heterocycles. The summed E-state index contributed by atoms with van der Waals surface area (Å²) >= 11 is 7.17. The molecule has 3 N–H and O–H groups in total. The van der Waals surface area contributed by atoms with Gasteiger partial charge in [-0.25, -0.2) is 9.97 Å². The van der Waals surface area contributed by atoms with Crippen LogP contribution in [0.5, 0.6) is 0 Å². The van der Waals surface area contributed by atoms with Crippen LogP contribution in [0.25, 0.3) is 0 Å². The average molecular weight is 562 g/mol. The van der Waals surface area contributed by atoms with Crippen LogP contribution in [0.3, 0.4) is 0 Å². The van der Waals surface area contributed by atoms with Gasteiger partial charge in [0.1, 0.15) is 5.82 Å². The van der Waals surface area contributed by atoms with Gasteiger partial charge in [0.25, 0.3) is 5.91 Å². The van der Waals surface area contributed by atoms with E-state index in [2.05, 4.69) is 44.7 Å². The van der Waals surface area contributed by atoms with E-state index in [-0.39, 0.29) is 29.1 Å². The van der Waals surface area contributed by atoms with Gasteiger partial charge in [-0.05, 0) is 52.3 Å². The summed E-state index contributed by atoms with van der Waals surface area (Å²) in [7, 11) is 5.40. The molecule has 0 bridgehead atoms. The molecule has 3 atom stereocenters. The van der Waals surface area contributed by atoms with E-state index in [0.29, 0.717) is 35.8 Å². The fourth-order valence-corrected chi connectivity index (χ4v) is 6.09. The quantitative estimate of drug-likeness (QED) is 0.475. The van der Waals surface area contributed by atoms with Crippen LogP contribution in [0.1, 0.15) is 53.5 Å². The van der Waals surface area contributed by atoms with E-state index in [9.17, 15) is 19.2 Å². The molecule has 1 fully saturated rings. The number of anilines is 1. The predicted octanol–water partition coefficient (Wildman–Crippen LogP) is 1.98. The Hall–Kier alpha value is -3.09. The van der Waals surface area contributed by atoms with Crippen molar-refractivity contribution in [2.24, 2.45) is 5.92 Å². The molecule has 0 radical (unpaired) electrons. The van der Waals surface area contributed by atoms with E-state index >= 15 is 0 Å². The second-order valence-electron chi connectivity index (χ2n) is 10.4. The molecule has 4 rings (SSSR count). The third kappa shape index (κ3) is 5.82. The Labute approximate surface area is 230 Å². The number of amides is 4. The highest BCUT2D eigenvalue weighted by molar-refractivity contribution is 7.13. The number of fused-ring (bicyclic) bond motifs is 1. The zero-order valence-corrected chi connectivity index (χ0v) is 23.6. The molecule has 204 valence electrons. The topological polar surface area (TPSA) is 137 Å². The highest BCUT2D eigenvalue weighted by Crippen LogP contribution is 2.40. The Morgan fingerprint density at radius 3 is 2.47 bits per heavy atom. The Morgan fingerprint density at radius 2 is 1.84 bits per heavy atom. The van der Waals surface area contributed by atoms with Crippen molar-refractivity contribution >= 4 is 52.4 Å². The van der Waals surface area contributed by atoms with E-state index in [4.69, 9.17) is 11.6 Å². The van der Waals surface area contributed by atoms with Gasteiger partial charge in [-0.15, -0.1) is 11.3 Å². The van der Waals surface area contributed by atoms with Crippen molar-refractivity contribution in [3.05, 3.63) is 38.9 Å². The fraction of sp³-hybridized carbons (Fsp3) is 0.520. The molecular weight excluding hydrogens is 530 g/mol. The fourth-order valence-electron chi connectivity index (χ4n) is 4.81. The molecular formula is C25H32ClN7O4S. The van der Waals surface area contributed by atoms with E-state index in [1.807, 2.05) is 7.05 Å². The van der Waals surface area contributed by atoms with Gasteiger partial charge in [0.15, 0.2) is 5.01 Å².